The van der Waals surface area contributed by atoms with Crippen molar-refractivity contribution in [1.82, 2.24) is 4.98 Å². The molecule has 0 aliphatic heterocycles. The first-order chi connectivity index (χ1) is 11.2. The van der Waals surface area contributed by atoms with Crippen LogP contribution in [0.25, 0.3) is 0 Å². The number of hydrogen-bond acceptors (Lipinski definition) is 5. The molecule has 0 aliphatic rings. The number of amides is 1. The van der Waals surface area contributed by atoms with E-state index in [4.69, 9.17) is 9.47 Å². The summed E-state index contributed by atoms with van der Waals surface area (Å²) in [6.45, 7) is 2.32. The Labute approximate surface area is 134 Å². The highest BCUT2D eigenvalue weighted by Gasteiger charge is 2.13. The molecule has 1 N–H and O–H groups in total. The molecular formula is C17H18N2O4. The van der Waals surface area contributed by atoms with E-state index >= 15 is 0 Å². The number of carbonyl (C=O) groups excluding carboxylic acids is 2. The van der Waals surface area contributed by atoms with E-state index in [9.17, 15) is 9.59 Å². The second kappa shape index (κ2) is 7.93. The van der Waals surface area contributed by atoms with Crippen LogP contribution in [0.3, 0.4) is 0 Å². The molecule has 0 atom stereocenters. The quantitative estimate of drug-likeness (QED) is 0.830. The van der Waals surface area contributed by atoms with Gasteiger partial charge in [-0.1, -0.05) is 6.92 Å². The fourth-order valence-electron chi connectivity index (χ4n) is 1.89. The van der Waals surface area contributed by atoms with Gasteiger partial charge in [0.1, 0.15) is 5.56 Å². The number of benzene rings is 1. The molecule has 0 bridgehead atoms. The molecule has 23 heavy (non-hydrogen) atoms. The third-order valence-electron chi connectivity index (χ3n) is 3.02. The summed E-state index contributed by atoms with van der Waals surface area (Å²) in [4.78, 5) is 27.9. The molecule has 120 valence electrons. The fourth-order valence-corrected chi connectivity index (χ4v) is 1.89. The first kappa shape index (κ1) is 16.5. The van der Waals surface area contributed by atoms with E-state index in [-0.39, 0.29) is 17.8 Å². The van der Waals surface area contributed by atoms with Crippen LogP contribution < -0.4 is 10.1 Å². The second-order valence-corrected chi connectivity index (χ2v) is 4.73. The van der Waals surface area contributed by atoms with Gasteiger partial charge < -0.3 is 14.8 Å². The van der Waals surface area contributed by atoms with Gasteiger partial charge in [-0.15, -0.1) is 0 Å². The van der Waals surface area contributed by atoms with Crippen molar-refractivity contribution in [2.75, 3.05) is 19.0 Å². The van der Waals surface area contributed by atoms with Gasteiger partial charge in [-0.25, -0.2) is 9.78 Å². The third-order valence-corrected chi connectivity index (χ3v) is 3.02. The Bertz CT molecular complexity index is 683. The maximum atomic E-state index is 12.2. The van der Waals surface area contributed by atoms with Gasteiger partial charge in [0.15, 0.2) is 0 Å². The number of hydrogen-bond donors (Lipinski definition) is 1. The molecule has 1 aromatic carbocycles. The van der Waals surface area contributed by atoms with Crippen LogP contribution in [0.2, 0.25) is 0 Å². The molecule has 1 aromatic heterocycles. The number of rotatable bonds is 6. The van der Waals surface area contributed by atoms with E-state index in [1.54, 1.807) is 42.6 Å². The number of nitrogens with zero attached hydrogens (tertiary/aromatic N) is 1. The van der Waals surface area contributed by atoms with Crippen LogP contribution in [0.15, 0.2) is 42.6 Å². The van der Waals surface area contributed by atoms with Crippen LogP contribution in [-0.4, -0.2) is 30.6 Å². The molecule has 6 heteroatoms. The molecule has 1 heterocycles. The minimum atomic E-state index is -0.376. The number of esters is 1. The zero-order valence-corrected chi connectivity index (χ0v) is 13.0. The van der Waals surface area contributed by atoms with Crippen molar-refractivity contribution in [1.29, 1.82) is 0 Å². The summed E-state index contributed by atoms with van der Waals surface area (Å²) in [6.07, 6.45) is 2.32. The average Bonchev–Trinajstić information content (AvgIpc) is 2.60. The monoisotopic (exact) mass is 314 g/mol. The largest absolute Gasteiger partial charge is 0.480 e. The lowest BCUT2D eigenvalue weighted by atomic mass is 10.2. The van der Waals surface area contributed by atoms with Crippen molar-refractivity contribution in [3.63, 3.8) is 0 Å². The Morgan fingerprint density at radius 1 is 1.17 bits per heavy atom. The number of anilines is 1. The van der Waals surface area contributed by atoms with Gasteiger partial charge in [0, 0.05) is 11.9 Å². The topological polar surface area (TPSA) is 77.5 Å². The van der Waals surface area contributed by atoms with Gasteiger partial charge >= 0.3 is 5.97 Å². The molecular weight excluding hydrogens is 296 g/mol. The SMILES string of the molecule is CCCOC(=O)c1ccc(NC(=O)c2cccnc2OC)cc1. The Kier molecular flexibility index (Phi) is 5.68. The van der Waals surface area contributed by atoms with Crippen molar-refractivity contribution >= 4 is 17.6 Å². The van der Waals surface area contributed by atoms with E-state index < -0.39 is 0 Å². The molecule has 0 spiro atoms. The number of methoxy groups -OCH3 is 1. The fraction of sp³-hybridized carbons (Fsp3) is 0.235. The average molecular weight is 314 g/mol. The molecule has 2 rings (SSSR count). The smallest absolute Gasteiger partial charge is 0.338 e. The molecule has 6 nitrogen and oxygen atoms in total. The lowest BCUT2D eigenvalue weighted by Gasteiger charge is -2.09. The van der Waals surface area contributed by atoms with Crippen molar-refractivity contribution in [2.45, 2.75) is 13.3 Å². The summed E-state index contributed by atoms with van der Waals surface area (Å²) < 4.78 is 10.1. The number of pyridine rings is 1. The minimum absolute atomic E-state index is 0.254. The van der Waals surface area contributed by atoms with Crippen LogP contribution in [0.4, 0.5) is 5.69 Å². The number of aromatic nitrogens is 1. The first-order valence-corrected chi connectivity index (χ1v) is 7.23. The highest BCUT2D eigenvalue weighted by Crippen LogP contribution is 2.17. The van der Waals surface area contributed by atoms with E-state index in [1.807, 2.05) is 6.92 Å². The summed E-state index contributed by atoms with van der Waals surface area (Å²) in [5, 5.41) is 2.73. The summed E-state index contributed by atoms with van der Waals surface area (Å²) in [6, 6.07) is 9.77. The van der Waals surface area contributed by atoms with E-state index in [2.05, 4.69) is 10.3 Å². The predicted molar refractivity (Wildman–Crippen MR) is 85.8 cm³/mol. The molecule has 1 amide bonds. The summed E-state index contributed by atoms with van der Waals surface area (Å²) in [5.74, 6) is -0.459. The van der Waals surface area contributed by atoms with Crippen molar-refractivity contribution in [2.24, 2.45) is 0 Å². The third kappa shape index (κ3) is 4.29. The summed E-state index contributed by atoms with van der Waals surface area (Å²) >= 11 is 0. The normalized spacial score (nSPS) is 10.0. The maximum Gasteiger partial charge on any atom is 0.338 e. The van der Waals surface area contributed by atoms with Gasteiger partial charge in [0.2, 0.25) is 5.88 Å². The lowest BCUT2D eigenvalue weighted by Crippen LogP contribution is -2.14. The van der Waals surface area contributed by atoms with Crippen LogP contribution in [0, 0.1) is 0 Å². The van der Waals surface area contributed by atoms with E-state index in [0.717, 1.165) is 6.42 Å². The second-order valence-electron chi connectivity index (χ2n) is 4.73. The van der Waals surface area contributed by atoms with Crippen LogP contribution in [-0.2, 0) is 4.74 Å². The van der Waals surface area contributed by atoms with E-state index in [0.29, 0.717) is 23.4 Å². The lowest BCUT2D eigenvalue weighted by molar-refractivity contribution is 0.0505. The predicted octanol–water partition coefficient (Wildman–Crippen LogP) is 2.91. The Hall–Kier alpha value is -2.89. The van der Waals surface area contributed by atoms with Crippen LogP contribution in [0.5, 0.6) is 5.88 Å². The van der Waals surface area contributed by atoms with Crippen molar-refractivity contribution in [3.8, 4) is 5.88 Å². The Morgan fingerprint density at radius 3 is 2.57 bits per heavy atom. The van der Waals surface area contributed by atoms with Gasteiger partial charge in [-0.3, -0.25) is 4.79 Å². The van der Waals surface area contributed by atoms with E-state index in [1.165, 1.54) is 7.11 Å². The van der Waals surface area contributed by atoms with Crippen LogP contribution in [0.1, 0.15) is 34.1 Å². The zero-order valence-electron chi connectivity index (χ0n) is 13.0. The molecule has 0 aliphatic carbocycles. The Balaban J connectivity index is 2.06. The molecule has 0 saturated heterocycles. The standard InChI is InChI=1S/C17H18N2O4/c1-3-11-23-17(21)12-6-8-13(9-7-12)19-15(20)14-5-4-10-18-16(14)22-2/h4-10H,3,11H2,1-2H3,(H,19,20). The molecule has 0 saturated carbocycles. The molecule has 0 radical (unpaired) electrons. The number of ether oxygens (including phenoxy) is 2. The van der Waals surface area contributed by atoms with Gasteiger partial charge in [-0.2, -0.15) is 0 Å². The molecule has 0 unspecified atom stereocenters. The number of carbonyl (C=O) groups is 2. The summed E-state index contributed by atoms with van der Waals surface area (Å²) in [5.41, 5.74) is 1.34. The maximum absolute atomic E-state index is 12.2. The van der Waals surface area contributed by atoms with Gasteiger partial charge in [0.25, 0.3) is 5.91 Å². The Morgan fingerprint density at radius 2 is 1.91 bits per heavy atom. The molecule has 0 fully saturated rings. The van der Waals surface area contributed by atoms with Crippen LogP contribution >= 0.6 is 0 Å². The molecule has 2 aromatic rings. The number of nitrogens with one attached hydrogen (secondary N) is 1. The summed E-state index contributed by atoms with van der Waals surface area (Å²) in [7, 11) is 1.45. The highest BCUT2D eigenvalue weighted by molar-refractivity contribution is 6.06. The minimum Gasteiger partial charge on any atom is -0.480 e. The van der Waals surface area contributed by atoms with Gasteiger partial charge in [-0.05, 0) is 42.8 Å². The highest BCUT2D eigenvalue weighted by atomic mass is 16.5. The van der Waals surface area contributed by atoms with Crippen molar-refractivity contribution < 1.29 is 19.1 Å². The van der Waals surface area contributed by atoms with Crippen molar-refractivity contribution in [3.05, 3.63) is 53.7 Å². The zero-order chi connectivity index (χ0) is 16.7. The first-order valence-electron chi connectivity index (χ1n) is 7.23. The van der Waals surface area contributed by atoms with Gasteiger partial charge in [0.05, 0.1) is 19.3 Å².